The van der Waals surface area contributed by atoms with Gasteiger partial charge in [0.25, 0.3) is 0 Å². The molecule has 2 aromatic rings. The fraction of sp³-hybridized carbons (Fsp3) is 0.375. The van der Waals surface area contributed by atoms with Crippen molar-refractivity contribution in [3.63, 3.8) is 0 Å². The van der Waals surface area contributed by atoms with Gasteiger partial charge in [0.1, 0.15) is 12.1 Å². The Hall–Kier alpha value is -3.75. The van der Waals surface area contributed by atoms with Crippen molar-refractivity contribution in [1.29, 1.82) is 0 Å². The van der Waals surface area contributed by atoms with E-state index in [4.69, 9.17) is 14.2 Å². The van der Waals surface area contributed by atoms with Gasteiger partial charge in [-0.15, -0.1) is 0 Å². The largest absolute Gasteiger partial charge is 0.493 e. The molecule has 9 nitrogen and oxygen atoms in total. The number of anilines is 2. The van der Waals surface area contributed by atoms with Crippen molar-refractivity contribution < 1.29 is 28.6 Å². The van der Waals surface area contributed by atoms with Crippen LogP contribution in [0.25, 0.3) is 0 Å². The first-order valence-electron chi connectivity index (χ1n) is 10.5. The summed E-state index contributed by atoms with van der Waals surface area (Å²) in [4.78, 5) is 36.4. The molecule has 3 amide bonds. The minimum atomic E-state index is -0.686. The van der Waals surface area contributed by atoms with Gasteiger partial charge in [0.05, 0.1) is 25.6 Å². The van der Waals surface area contributed by atoms with Crippen molar-refractivity contribution in [2.45, 2.75) is 39.2 Å². The lowest BCUT2D eigenvalue weighted by Crippen LogP contribution is -2.37. The molecule has 0 spiro atoms. The van der Waals surface area contributed by atoms with E-state index in [9.17, 15) is 14.4 Å². The average Bonchev–Trinajstić information content (AvgIpc) is 2.76. The fourth-order valence-corrected chi connectivity index (χ4v) is 2.87. The lowest BCUT2D eigenvalue weighted by Gasteiger charge is -2.19. The summed E-state index contributed by atoms with van der Waals surface area (Å²) < 4.78 is 15.6. The molecule has 0 heterocycles. The van der Waals surface area contributed by atoms with Crippen molar-refractivity contribution in [2.24, 2.45) is 0 Å². The van der Waals surface area contributed by atoms with E-state index in [2.05, 4.69) is 16.0 Å². The first-order valence-corrected chi connectivity index (χ1v) is 10.5. The molecule has 0 aliphatic heterocycles. The van der Waals surface area contributed by atoms with E-state index in [1.807, 2.05) is 12.1 Å². The molecule has 33 heavy (non-hydrogen) atoms. The van der Waals surface area contributed by atoms with Crippen LogP contribution in [-0.4, -0.2) is 44.3 Å². The van der Waals surface area contributed by atoms with E-state index >= 15 is 0 Å². The van der Waals surface area contributed by atoms with Gasteiger partial charge in [-0.25, -0.2) is 4.79 Å². The Morgan fingerprint density at radius 1 is 0.848 bits per heavy atom. The Morgan fingerprint density at radius 2 is 1.45 bits per heavy atom. The van der Waals surface area contributed by atoms with E-state index in [1.165, 1.54) is 0 Å². The maximum Gasteiger partial charge on any atom is 0.408 e. The summed E-state index contributed by atoms with van der Waals surface area (Å²) in [5.74, 6) is 0.561. The van der Waals surface area contributed by atoms with Gasteiger partial charge in [0, 0.05) is 6.42 Å². The Morgan fingerprint density at radius 3 is 2.03 bits per heavy atom. The van der Waals surface area contributed by atoms with Gasteiger partial charge in [-0.2, -0.15) is 0 Å². The zero-order valence-electron chi connectivity index (χ0n) is 19.6. The molecule has 0 aliphatic rings. The molecule has 0 atom stereocenters. The molecule has 2 rings (SSSR count). The monoisotopic (exact) mass is 457 g/mol. The number of methoxy groups -OCH3 is 2. The highest BCUT2D eigenvalue weighted by molar-refractivity contribution is 6.00. The van der Waals surface area contributed by atoms with Crippen LogP contribution in [0.2, 0.25) is 0 Å². The van der Waals surface area contributed by atoms with Gasteiger partial charge in [-0.05, 0) is 57.0 Å². The number of carbonyl (C=O) groups is 3. The number of benzene rings is 2. The quantitative estimate of drug-likeness (QED) is 0.528. The second-order valence-corrected chi connectivity index (χ2v) is 8.19. The normalized spacial score (nSPS) is 10.7. The van der Waals surface area contributed by atoms with Gasteiger partial charge in [-0.1, -0.05) is 18.2 Å². The Labute approximate surface area is 193 Å². The number of para-hydroxylation sites is 2. The molecule has 2 aromatic carbocycles. The second kappa shape index (κ2) is 11.8. The number of rotatable bonds is 9. The molecule has 9 heteroatoms. The highest BCUT2D eigenvalue weighted by atomic mass is 16.6. The lowest BCUT2D eigenvalue weighted by molar-refractivity contribution is -0.116. The predicted octanol–water partition coefficient (Wildman–Crippen LogP) is 3.74. The van der Waals surface area contributed by atoms with Crippen LogP contribution < -0.4 is 25.4 Å². The van der Waals surface area contributed by atoms with Gasteiger partial charge >= 0.3 is 6.09 Å². The number of ether oxygens (including phenoxy) is 3. The summed E-state index contributed by atoms with van der Waals surface area (Å²) in [5.41, 5.74) is 1.15. The van der Waals surface area contributed by atoms with Crippen molar-refractivity contribution >= 4 is 29.3 Å². The molecular formula is C24H31N3O6. The third kappa shape index (κ3) is 8.72. The van der Waals surface area contributed by atoms with Crippen LogP contribution >= 0.6 is 0 Å². The average molecular weight is 458 g/mol. The van der Waals surface area contributed by atoms with Crippen molar-refractivity contribution in [3.05, 3.63) is 48.0 Å². The molecule has 0 fully saturated rings. The molecule has 178 valence electrons. The first kappa shape index (κ1) is 25.5. The van der Waals surface area contributed by atoms with Crippen LogP contribution in [0.3, 0.4) is 0 Å². The lowest BCUT2D eigenvalue weighted by atomic mass is 10.1. The molecule has 0 aromatic heterocycles. The Kier molecular flexibility index (Phi) is 9.08. The van der Waals surface area contributed by atoms with Crippen LogP contribution in [0.1, 0.15) is 32.8 Å². The van der Waals surface area contributed by atoms with Crippen LogP contribution in [0.15, 0.2) is 42.5 Å². The minimum absolute atomic E-state index is 0.210. The van der Waals surface area contributed by atoms with E-state index < -0.39 is 17.6 Å². The smallest absolute Gasteiger partial charge is 0.408 e. The SMILES string of the molecule is COc1ccc(CCC(=O)Nc2ccccc2NC(=O)CNC(=O)OC(C)(C)C)cc1OC. The maximum atomic E-state index is 12.5. The molecular weight excluding hydrogens is 426 g/mol. The predicted molar refractivity (Wildman–Crippen MR) is 126 cm³/mol. The number of nitrogens with one attached hydrogen (secondary N) is 3. The summed E-state index contributed by atoms with van der Waals surface area (Å²) in [6, 6.07) is 12.3. The highest BCUT2D eigenvalue weighted by Gasteiger charge is 2.17. The molecule has 0 bridgehead atoms. The summed E-state index contributed by atoms with van der Waals surface area (Å²) >= 11 is 0. The van der Waals surface area contributed by atoms with Gasteiger partial charge in [0.15, 0.2) is 11.5 Å². The molecule has 3 N–H and O–H groups in total. The summed E-state index contributed by atoms with van der Waals surface area (Å²) in [6.07, 6.45) is 0.0489. The zero-order valence-corrected chi connectivity index (χ0v) is 19.6. The maximum absolute atomic E-state index is 12.5. The van der Waals surface area contributed by atoms with E-state index in [1.54, 1.807) is 65.3 Å². The summed E-state index contributed by atoms with van der Waals surface area (Å²) in [6.45, 7) is 4.93. The Bertz CT molecular complexity index is 984. The summed E-state index contributed by atoms with van der Waals surface area (Å²) in [5, 5.41) is 7.89. The third-order valence-electron chi connectivity index (χ3n) is 4.36. The van der Waals surface area contributed by atoms with Gasteiger partial charge < -0.3 is 30.2 Å². The highest BCUT2D eigenvalue weighted by Crippen LogP contribution is 2.28. The number of hydrogen-bond acceptors (Lipinski definition) is 6. The molecule has 0 aliphatic carbocycles. The van der Waals surface area contributed by atoms with Crippen molar-refractivity contribution in [2.75, 3.05) is 31.4 Å². The van der Waals surface area contributed by atoms with Crippen LogP contribution in [-0.2, 0) is 20.7 Å². The topological polar surface area (TPSA) is 115 Å². The second-order valence-electron chi connectivity index (χ2n) is 8.19. The molecule has 0 saturated heterocycles. The summed E-state index contributed by atoms with van der Waals surface area (Å²) in [7, 11) is 3.12. The van der Waals surface area contributed by atoms with E-state index in [0.717, 1.165) is 5.56 Å². The number of hydrogen-bond donors (Lipinski definition) is 3. The Balaban J connectivity index is 1.91. The van der Waals surface area contributed by atoms with Crippen molar-refractivity contribution in [3.8, 4) is 11.5 Å². The molecule has 0 unspecified atom stereocenters. The van der Waals surface area contributed by atoms with Gasteiger partial charge in [-0.3, -0.25) is 9.59 Å². The van der Waals surface area contributed by atoms with Crippen LogP contribution in [0.5, 0.6) is 11.5 Å². The first-order chi connectivity index (χ1) is 15.6. The third-order valence-corrected chi connectivity index (χ3v) is 4.36. The molecule has 0 saturated carbocycles. The minimum Gasteiger partial charge on any atom is -0.493 e. The van der Waals surface area contributed by atoms with Crippen molar-refractivity contribution in [1.82, 2.24) is 5.32 Å². The van der Waals surface area contributed by atoms with Gasteiger partial charge in [0.2, 0.25) is 11.8 Å². The fourth-order valence-electron chi connectivity index (χ4n) is 2.87. The number of amides is 3. The zero-order chi connectivity index (χ0) is 24.4. The van der Waals surface area contributed by atoms with E-state index in [-0.39, 0.29) is 18.9 Å². The number of aryl methyl sites for hydroxylation is 1. The molecule has 0 radical (unpaired) electrons. The standard InChI is InChI=1S/C24H31N3O6/c1-24(2,3)33-23(30)25-15-22(29)27-18-9-7-6-8-17(18)26-21(28)13-11-16-10-12-19(31-4)20(14-16)32-5/h6-10,12,14H,11,13,15H2,1-5H3,(H,25,30)(H,26,28)(H,27,29). The number of carbonyl (C=O) groups excluding carboxylic acids is 3. The van der Waals surface area contributed by atoms with E-state index in [0.29, 0.717) is 29.3 Å². The van der Waals surface area contributed by atoms with Crippen LogP contribution in [0, 0.1) is 0 Å². The number of alkyl carbamates (subject to hydrolysis) is 1. The van der Waals surface area contributed by atoms with Crippen LogP contribution in [0.4, 0.5) is 16.2 Å².